The largest absolute Gasteiger partial charge is 0.462 e. The number of hydrogen-bond donors (Lipinski definition) is 0. The lowest BCUT2D eigenvalue weighted by Crippen LogP contribution is -2.30. The zero-order valence-electron chi connectivity index (χ0n) is 46.3. The minimum absolute atomic E-state index is 0.0841. The van der Waals surface area contributed by atoms with Crippen LogP contribution >= 0.6 is 0 Å². The van der Waals surface area contributed by atoms with Gasteiger partial charge in [-0.3, -0.25) is 14.4 Å². The fourth-order valence-corrected chi connectivity index (χ4v) is 8.47. The molecule has 404 valence electrons. The van der Waals surface area contributed by atoms with Crippen molar-refractivity contribution in [2.75, 3.05) is 13.2 Å². The fraction of sp³-hybridized carbons (Fsp3) is 0.766. The molecule has 6 heteroatoms. The Morgan fingerprint density at radius 1 is 0.300 bits per heavy atom. The lowest BCUT2D eigenvalue weighted by Gasteiger charge is -2.18. The van der Waals surface area contributed by atoms with Gasteiger partial charge in [0, 0.05) is 19.3 Å². The van der Waals surface area contributed by atoms with Crippen LogP contribution in [0.25, 0.3) is 0 Å². The molecule has 0 saturated heterocycles. The predicted octanol–water partition coefficient (Wildman–Crippen LogP) is 20.2. The zero-order chi connectivity index (χ0) is 50.7. The summed E-state index contributed by atoms with van der Waals surface area (Å²) in [6.45, 7) is 6.52. The second-order valence-corrected chi connectivity index (χ2v) is 19.9. The monoisotopic (exact) mass is 977 g/mol. The summed E-state index contributed by atoms with van der Waals surface area (Å²) in [7, 11) is 0. The van der Waals surface area contributed by atoms with Crippen molar-refractivity contribution in [1.29, 1.82) is 0 Å². The first-order chi connectivity index (χ1) is 34.5. The molecule has 0 amide bonds. The SMILES string of the molecule is CC/C=C\C/C=C\C/C=C\C/C=C\C/C=C\CCCCCC(=O)OC[C@@H](COC(=O)CCCCCCCCCCCCCCCC)OC(=O)CCCCCCCCCCC/C=C\CCCCCCCC. The first-order valence-corrected chi connectivity index (χ1v) is 29.9. The van der Waals surface area contributed by atoms with Crippen LogP contribution in [-0.2, 0) is 28.6 Å². The number of rotatable bonds is 54. The fourth-order valence-electron chi connectivity index (χ4n) is 8.47. The molecule has 0 aromatic heterocycles. The Labute approximate surface area is 433 Å². The molecule has 0 aliphatic carbocycles. The number of allylic oxidation sites excluding steroid dienone is 12. The first kappa shape index (κ1) is 66.9. The molecule has 0 N–H and O–H groups in total. The average molecular weight is 978 g/mol. The van der Waals surface area contributed by atoms with Gasteiger partial charge in [0.2, 0.25) is 0 Å². The quantitative estimate of drug-likeness (QED) is 0.0261. The molecule has 1 atom stereocenters. The smallest absolute Gasteiger partial charge is 0.306 e. The Morgan fingerprint density at radius 2 is 0.557 bits per heavy atom. The number of hydrogen-bond acceptors (Lipinski definition) is 6. The number of carbonyl (C=O) groups excluding carboxylic acids is 3. The van der Waals surface area contributed by atoms with Crippen molar-refractivity contribution in [3.63, 3.8) is 0 Å². The number of esters is 3. The highest BCUT2D eigenvalue weighted by atomic mass is 16.6. The molecule has 0 saturated carbocycles. The number of carbonyl (C=O) groups is 3. The van der Waals surface area contributed by atoms with Gasteiger partial charge in [-0.2, -0.15) is 0 Å². The third kappa shape index (κ3) is 55.8. The minimum Gasteiger partial charge on any atom is -0.462 e. The topological polar surface area (TPSA) is 78.9 Å². The maximum absolute atomic E-state index is 12.9. The van der Waals surface area contributed by atoms with Gasteiger partial charge < -0.3 is 14.2 Å². The molecule has 6 nitrogen and oxygen atoms in total. The molecule has 0 aliphatic rings. The molecular weight excluding hydrogens is 865 g/mol. The van der Waals surface area contributed by atoms with Gasteiger partial charge in [0.1, 0.15) is 13.2 Å². The summed E-state index contributed by atoms with van der Waals surface area (Å²) in [5.41, 5.74) is 0. The van der Waals surface area contributed by atoms with Gasteiger partial charge in [-0.1, -0.05) is 261 Å². The molecule has 0 aliphatic heterocycles. The average Bonchev–Trinajstić information content (AvgIpc) is 3.36. The first-order valence-electron chi connectivity index (χ1n) is 29.9. The third-order valence-electron chi connectivity index (χ3n) is 12.9. The Hall–Kier alpha value is -3.15. The highest BCUT2D eigenvalue weighted by Gasteiger charge is 2.19. The predicted molar refractivity (Wildman–Crippen MR) is 302 cm³/mol. The summed E-state index contributed by atoms with van der Waals surface area (Å²) < 4.78 is 16.9. The van der Waals surface area contributed by atoms with Crippen LogP contribution in [0.5, 0.6) is 0 Å². The summed E-state index contributed by atoms with van der Waals surface area (Å²) in [6, 6.07) is 0. The van der Waals surface area contributed by atoms with E-state index in [1.54, 1.807) is 0 Å². The second-order valence-electron chi connectivity index (χ2n) is 19.9. The molecule has 0 aromatic carbocycles. The molecule has 0 fully saturated rings. The second kappa shape index (κ2) is 58.4. The normalized spacial score (nSPS) is 12.6. The molecule has 0 heterocycles. The van der Waals surface area contributed by atoms with Crippen molar-refractivity contribution < 1.29 is 28.6 Å². The van der Waals surface area contributed by atoms with E-state index in [0.717, 1.165) is 96.3 Å². The Morgan fingerprint density at radius 3 is 0.900 bits per heavy atom. The van der Waals surface area contributed by atoms with Crippen LogP contribution in [0.2, 0.25) is 0 Å². The standard InChI is InChI=1S/C64H112O6/c1-4-7-10-13-16-19-22-25-28-30-32-34-36-39-42-45-48-51-54-57-63(66)69-60-61(59-68-62(65)56-53-50-47-44-41-38-27-24-21-18-15-12-9-6-3)70-64(67)58-55-52-49-46-43-40-37-35-33-31-29-26-23-20-17-14-11-8-5-2/h7,10,16,19,25-26,28-29,32,34,39,42,61H,4-6,8-9,11-15,17-18,20-24,27,30-31,33,35-38,40-41,43-60H2,1-3H3/b10-7-,19-16-,28-25-,29-26-,34-32-,42-39-/t61-/m1/s1. The van der Waals surface area contributed by atoms with E-state index in [1.807, 2.05) is 0 Å². The van der Waals surface area contributed by atoms with Crippen LogP contribution in [0.4, 0.5) is 0 Å². The summed E-state index contributed by atoms with van der Waals surface area (Å²) in [5.74, 6) is -0.907. The van der Waals surface area contributed by atoms with Crippen molar-refractivity contribution in [2.45, 2.75) is 303 Å². The molecule has 70 heavy (non-hydrogen) atoms. The lowest BCUT2D eigenvalue weighted by molar-refractivity contribution is -0.167. The summed E-state index contributed by atoms with van der Waals surface area (Å²) in [4.78, 5) is 38.2. The van der Waals surface area contributed by atoms with Crippen molar-refractivity contribution in [2.24, 2.45) is 0 Å². The van der Waals surface area contributed by atoms with Gasteiger partial charge in [0.15, 0.2) is 6.10 Å². The van der Waals surface area contributed by atoms with E-state index in [4.69, 9.17) is 14.2 Å². The Balaban J connectivity index is 4.41. The molecule has 0 spiro atoms. The van der Waals surface area contributed by atoms with E-state index in [2.05, 4.69) is 93.7 Å². The van der Waals surface area contributed by atoms with Gasteiger partial charge in [0.25, 0.3) is 0 Å². The molecule has 0 aromatic rings. The van der Waals surface area contributed by atoms with Crippen LogP contribution in [-0.4, -0.2) is 37.2 Å². The number of ether oxygens (including phenoxy) is 3. The van der Waals surface area contributed by atoms with E-state index in [-0.39, 0.29) is 31.1 Å². The van der Waals surface area contributed by atoms with Gasteiger partial charge in [-0.05, 0) is 89.9 Å². The molecule has 0 unspecified atom stereocenters. The zero-order valence-corrected chi connectivity index (χ0v) is 46.3. The van der Waals surface area contributed by atoms with Gasteiger partial charge in [-0.15, -0.1) is 0 Å². The van der Waals surface area contributed by atoms with E-state index >= 15 is 0 Å². The van der Waals surface area contributed by atoms with E-state index in [9.17, 15) is 14.4 Å². The van der Waals surface area contributed by atoms with Crippen LogP contribution in [0.15, 0.2) is 72.9 Å². The van der Waals surface area contributed by atoms with Crippen LogP contribution < -0.4 is 0 Å². The van der Waals surface area contributed by atoms with Crippen molar-refractivity contribution in [3.8, 4) is 0 Å². The molecule has 0 rings (SSSR count). The van der Waals surface area contributed by atoms with Gasteiger partial charge >= 0.3 is 17.9 Å². The highest BCUT2D eigenvalue weighted by Crippen LogP contribution is 2.16. The van der Waals surface area contributed by atoms with E-state index in [0.29, 0.717) is 19.3 Å². The van der Waals surface area contributed by atoms with E-state index < -0.39 is 6.10 Å². The lowest BCUT2D eigenvalue weighted by atomic mass is 10.0. The van der Waals surface area contributed by atoms with Crippen LogP contribution in [0.1, 0.15) is 297 Å². The Kier molecular flexibility index (Phi) is 55.8. The summed E-state index contributed by atoms with van der Waals surface area (Å²) >= 11 is 0. The maximum Gasteiger partial charge on any atom is 0.306 e. The van der Waals surface area contributed by atoms with Gasteiger partial charge in [-0.25, -0.2) is 0 Å². The summed E-state index contributed by atoms with van der Waals surface area (Å²) in [6.07, 6.45) is 74.6. The Bertz CT molecular complexity index is 1310. The maximum atomic E-state index is 12.9. The van der Waals surface area contributed by atoms with Crippen LogP contribution in [0.3, 0.4) is 0 Å². The third-order valence-corrected chi connectivity index (χ3v) is 12.9. The van der Waals surface area contributed by atoms with Crippen LogP contribution in [0, 0.1) is 0 Å². The van der Waals surface area contributed by atoms with Crippen molar-refractivity contribution in [1.82, 2.24) is 0 Å². The molecule has 0 bridgehead atoms. The van der Waals surface area contributed by atoms with E-state index in [1.165, 1.54) is 161 Å². The molecule has 0 radical (unpaired) electrons. The van der Waals surface area contributed by atoms with Gasteiger partial charge in [0.05, 0.1) is 0 Å². The molecular formula is C64H112O6. The minimum atomic E-state index is -0.789. The highest BCUT2D eigenvalue weighted by molar-refractivity contribution is 5.71. The number of unbranched alkanes of at least 4 members (excludes halogenated alkanes) is 31. The van der Waals surface area contributed by atoms with Crippen molar-refractivity contribution in [3.05, 3.63) is 72.9 Å². The van der Waals surface area contributed by atoms with Crippen molar-refractivity contribution >= 4 is 17.9 Å². The summed E-state index contributed by atoms with van der Waals surface area (Å²) in [5, 5.41) is 0.